The van der Waals surface area contributed by atoms with Crippen LogP contribution in [0.5, 0.6) is 0 Å². The van der Waals surface area contributed by atoms with Crippen LogP contribution < -0.4 is 5.32 Å². The maximum atomic E-state index is 11.2. The second-order valence-corrected chi connectivity index (χ2v) is 6.20. The molecule has 0 saturated carbocycles. The number of anilines is 1. The molecule has 0 aliphatic carbocycles. The fourth-order valence-electron chi connectivity index (χ4n) is 1.63. The Morgan fingerprint density at radius 1 is 1.33 bits per heavy atom. The number of nitrogens with zero attached hydrogens (tertiary/aromatic N) is 1. The Labute approximate surface area is 138 Å². The van der Waals surface area contributed by atoms with Crippen molar-refractivity contribution in [2.45, 2.75) is 9.79 Å². The molecule has 0 radical (unpaired) electrons. The van der Waals surface area contributed by atoms with Gasteiger partial charge in [0.2, 0.25) is 6.41 Å². The largest absolute Gasteiger partial charge is 0.327 e. The topological polar surface area (TPSA) is 72.2 Å². The molecule has 0 spiro atoms. The lowest BCUT2D eigenvalue weighted by Crippen LogP contribution is -1.99. The SMILES string of the molecule is O=CNc1cc(Cl)cc([N+](=O)[O-])c1Sc1ccccc1Br. The van der Waals surface area contributed by atoms with Crippen molar-refractivity contribution in [3.8, 4) is 0 Å². The van der Waals surface area contributed by atoms with Gasteiger partial charge in [0.05, 0.1) is 10.6 Å². The molecule has 0 unspecified atom stereocenters. The first-order valence-corrected chi connectivity index (χ1v) is 7.62. The van der Waals surface area contributed by atoms with E-state index in [2.05, 4.69) is 21.2 Å². The molecule has 21 heavy (non-hydrogen) atoms. The highest BCUT2D eigenvalue weighted by molar-refractivity contribution is 9.10. The van der Waals surface area contributed by atoms with Crippen molar-refractivity contribution >= 4 is 57.1 Å². The van der Waals surface area contributed by atoms with Gasteiger partial charge in [-0.05, 0) is 34.1 Å². The van der Waals surface area contributed by atoms with Gasteiger partial charge in [-0.3, -0.25) is 14.9 Å². The summed E-state index contributed by atoms with van der Waals surface area (Å²) in [6.07, 6.45) is 0.458. The van der Waals surface area contributed by atoms with Crippen molar-refractivity contribution in [2.75, 3.05) is 5.32 Å². The lowest BCUT2D eigenvalue weighted by molar-refractivity contribution is -0.387. The summed E-state index contributed by atoms with van der Waals surface area (Å²) in [6.45, 7) is 0. The first-order valence-electron chi connectivity index (χ1n) is 5.63. The first-order chi connectivity index (χ1) is 10.0. The van der Waals surface area contributed by atoms with E-state index in [0.29, 0.717) is 17.0 Å². The van der Waals surface area contributed by atoms with Crippen molar-refractivity contribution in [1.82, 2.24) is 0 Å². The number of hydrogen-bond acceptors (Lipinski definition) is 4. The van der Waals surface area contributed by atoms with Crippen molar-refractivity contribution in [1.29, 1.82) is 0 Å². The molecule has 0 aromatic heterocycles. The fourth-order valence-corrected chi connectivity index (χ4v) is 3.37. The molecular weight excluding hydrogens is 380 g/mol. The Morgan fingerprint density at radius 2 is 2.05 bits per heavy atom. The molecular formula is C13H8BrClN2O3S. The van der Waals surface area contributed by atoms with E-state index in [1.54, 1.807) is 0 Å². The first kappa shape index (κ1) is 15.8. The zero-order valence-electron chi connectivity index (χ0n) is 10.4. The molecule has 5 nitrogen and oxygen atoms in total. The number of hydrogen-bond donors (Lipinski definition) is 1. The van der Waals surface area contributed by atoms with E-state index in [-0.39, 0.29) is 10.7 Å². The third kappa shape index (κ3) is 3.75. The number of rotatable bonds is 5. The van der Waals surface area contributed by atoms with Crippen LogP contribution in [0.1, 0.15) is 0 Å². The molecule has 0 heterocycles. The second kappa shape index (κ2) is 6.93. The Bertz CT molecular complexity index is 712. The number of halogens is 2. The van der Waals surface area contributed by atoms with E-state index in [1.165, 1.54) is 23.9 Å². The van der Waals surface area contributed by atoms with Crippen LogP contribution >= 0.6 is 39.3 Å². The zero-order chi connectivity index (χ0) is 15.4. The quantitative estimate of drug-likeness (QED) is 0.457. The van der Waals surface area contributed by atoms with Gasteiger partial charge < -0.3 is 5.32 Å². The van der Waals surface area contributed by atoms with Crippen molar-refractivity contribution in [3.05, 3.63) is 56.0 Å². The molecule has 1 amide bonds. The standard InChI is InChI=1S/C13H8BrClN2O3S/c14-9-3-1-2-4-12(9)21-13-10(16-7-18)5-8(15)6-11(13)17(19)20/h1-7H,(H,16,18). The highest BCUT2D eigenvalue weighted by Crippen LogP contribution is 2.43. The Morgan fingerprint density at radius 3 is 2.67 bits per heavy atom. The smallest absolute Gasteiger partial charge is 0.286 e. The average molecular weight is 388 g/mol. The van der Waals surface area contributed by atoms with Crippen molar-refractivity contribution in [2.24, 2.45) is 0 Å². The normalized spacial score (nSPS) is 10.2. The summed E-state index contributed by atoms with van der Waals surface area (Å²) < 4.78 is 0.802. The maximum Gasteiger partial charge on any atom is 0.286 e. The van der Waals surface area contributed by atoms with E-state index in [9.17, 15) is 14.9 Å². The van der Waals surface area contributed by atoms with Gasteiger partial charge in [-0.25, -0.2) is 0 Å². The average Bonchev–Trinajstić information content (AvgIpc) is 2.43. The zero-order valence-corrected chi connectivity index (χ0v) is 13.5. The minimum Gasteiger partial charge on any atom is -0.327 e. The highest BCUT2D eigenvalue weighted by atomic mass is 79.9. The van der Waals surface area contributed by atoms with Gasteiger partial charge in [-0.2, -0.15) is 0 Å². The lowest BCUT2D eigenvalue weighted by atomic mass is 10.3. The molecule has 0 fully saturated rings. The van der Waals surface area contributed by atoms with E-state index in [4.69, 9.17) is 11.6 Å². The van der Waals surface area contributed by atoms with Crippen LogP contribution in [0.15, 0.2) is 50.7 Å². The minimum absolute atomic E-state index is 0.160. The molecule has 0 saturated heterocycles. The molecule has 2 aromatic carbocycles. The van der Waals surface area contributed by atoms with Gasteiger partial charge in [-0.1, -0.05) is 35.5 Å². The van der Waals surface area contributed by atoms with E-state index >= 15 is 0 Å². The van der Waals surface area contributed by atoms with Gasteiger partial charge in [0.25, 0.3) is 5.69 Å². The van der Waals surface area contributed by atoms with Gasteiger partial charge in [0.1, 0.15) is 4.90 Å². The van der Waals surface area contributed by atoms with Gasteiger partial charge in [0, 0.05) is 20.5 Å². The number of nitro groups is 1. The summed E-state index contributed by atoms with van der Waals surface area (Å²) in [6, 6.07) is 10.0. The van der Waals surface area contributed by atoms with Gasteiger partial charge >= 0.3 is 0 Å². The van der Waals surface area contributed by atoms with E-state index in [0.717, 1.165) is 9.37 Å². The Balaban J connectivity index is 2.56. The van der Waals surface area contributed by atoms with E-state index < -0.39 is 4.92 Å². The minimum atomic E-state index is -0.527. The summed E-state index contributed by atoms with van der Waals surface area (Å²) >= 11 is 10.4. The molecule has 0 aliphatic rings. The molecule has 8 heteroatoms. The predicted octanol–water partition coefficient (Wildman–Crippen LogP) is 4.73. The lowest BCUT2D eigenvalue weighted by Gasteiger charge is -2.10. The Hall–Kier alpha value is -1.57. The number of amides is 1. The van der Waals surface area contributed by atoms with Crippen LogP contribution in [0.4, 0.5) is 11.4 Å². The summed E-state index contributed by atoms with van der Waals surface area (Å²) in [4.78, 5) is 22.5. The van der Waals surface area contributed by atoms with Crippen LogP contribution in [-0.2, 0) is 4.79 Å². The maximum absolute atomic E-state index is 11.2. The summed E-state index contributed by atoms with van der Waals surface area (Å²) in [7, 11) is 0. The molecule has 1 N–H and O–H groups in total. The summed E-state index contributed by atoms with van der Waals surface area (Å²) in [5.74, 6) is 0. The second-order valence-electron chi connectivity index (χ2n) is 3.85. The number of benzene rings is 2. The summed E-state index contributed by atoms with van der Waals surface area (Å²) in [5.41, 5.74) is 0.137. The third-order valence-corrected chi connectivity index (χ3v) is 4.88. The monoisotopic (exact) mass is 386 g/mol. The highest BCUT2D eigenvalue weighted by Gasteiger charge is 2.21. The molecule has 2 rings (SSSR count). The molecule has 108 valence electrons. The van der Waals surface area contributed by atoms with Gasteiger partial charge in [-0.15, -0.1) is 0 Å². The third-order valence-electron chi connectivity index (χ3n) is 2.49. The van der Waals surface area contributed by atoms with Crippen LogP contribution in [0, 0.1) is 10.1 Å². The molecule has 0 aliphatic heterocycles. The summed E-state index contributed by atoms with van der Waals surface area (Å²) in [5, 5.41) is 13.8. The van der Waals surface area contributed by atoms with Crippen molar-refractivity contribution < 1.29 is 9.72 Å². The Kier molecular flexibility index (Phi) is 5.22. The fraction of sp³-hybridized carbons (Fsp3) is 0. The number of carbonyl (C=O) groups is 1. The molecule has 0 atom stereocenters. The number of nitro benzene ring substituents is 1. The number of nitrogens with one attached hydrogen (secondary N) is 1. The van der Waals surface area contributed by atoms with Crippen molar-refractivity contribution in [3.63, 3.8) is 0 Å². The number of carbonyl (C=O) groups excluding carboxylic acids is 1. The van der Waals surface area contributed by atoms with Gasteiger partial charge in [0.15, 0.2) is 0 Å². The van der Waals surface area contributed by atoms with E-state index in [1.807, 2.05) is 24.3 Å². The molecule has 2 aromatic rings. The molecule has 0 bridgehead atoms. The van der Waals surface area contributed by atoms with Crippen LogP contribution in [0.2, 0.25) is 5.02 Å². The van der Waals surface area contributed by atoms with Crippen LogP contribution in [0.25, 0.3) is 0 Å². The van der Waals surface area contributed by atoms with Crippen LogP contribution in [0.3, 0.4) is 0 Å². The predicted molar refractivity (Wildman–Crippen MR) is 86.1 cm³/mol. The van der Waals surface area contributed by atoms with Crippen LogP contribution in [-0.4, -0.2) is 11.3 Å².